The van der Waals surface area contributed by atoms with Gasteiger partial charge in [-0.25, -0.2) is 8.42 Å². The number of thiophene rings is 1. The minimum absolute atomic E-state index is 0.0231. The van der Waals surface area contributed by atoms with Gasteiger partial charge in [-0.2, -0.15) is 11.3 Å². The van der Waals surface area contributed by atoms with Crippen molar-refractivity contribution in [1.29, 1.82) is 0 Å². The lowest BCUT2D eigenvalue weighted by atomic mass is 10.1. The third kappa shape index (κ3) is 3.88. The summed E-state index contributed by atoms with van der Waals surface area (Å²) in [5, 5.41) is 6.91. The van der Waals surface area contributed by atoms with E-state index in [4.69, 9.17) is 0 Å². The number of nitrogens with one attached hydrogen (secondary N) is 1. The minimum Gasteiger partial charge on any atom is -0.316 e. The molecule has 0 saturated carbocycles. The largest absolute Gasteiger partial charge is 0.316 e. The maximum absolute atomic E-state index is 11.5. The summed E-state index contributed by atoms with van der Waals surface area (Å²) in [6.07, 6.45) is 3.07. The molecule has 92 valence electrons. The molecule has 0 fully saturated rings. The van der Waals surface area contributed by atoms with Crippen molar-refractivity contribution in [3.63, 3.8) is 0 Å². The van der Waals surface area contributed by atoms with Gasteiger partial charge in [0.2, 0.25) is 0 Å². The van der Waals surface area contributed by atoms with E-state index in [1.165, 1.54) is 11.8 Å². The smallest absolute Gasteiger partial charge is 0.151 e. The van der Waals surface area contributed by atoms with Crippen LogP contribution in [-0.4, -0.2) is 33.0 Å². The molecule has 0 radical (unpaired) electrons. The molecule has 1 aromatic rings. The first kappa shape index (κ1) is 13.7. The van der Waals surface area contributed by atoms with E-state index in [1.54, 1.807) is 18.3 Å². The average molecular weight is 261 g/mol. The molecule has 1 rings (SSSR count). The molecule has 1 N–H and O–H groups in total. The summed E-state index contributed by atoms with van der Waals surface area (Å²) in [5.41, 5.74) is 1.28. The van der Waals surface area contributed by atoms with Crippen molar-refractivity contribution in [2.45, 2.75) is 31.1 Å². The molecule has 0 aliphatic carbocycles. The van der Waals surface area contributed by atoms with Crippen molar-refractivity contribution >= 4 is 21.2 Å². The Morgan fingerprint density at radius 3 is 2.62 bits per heavy atom. The van der Waals surface area contributed by atoms with Crippen LogP contribution in [0.25, 0.3) is 0 Å². The summed E-state index contributed by atoms with van der Waals surface area (Å²) in [7, 11) is -1.15. The van der Waals surface area contributed by atoms with Crippen molar-refractivity contribution < 1.29 is 8.42 Å². The maximum atomic E-state index is 11.5. The molecular weight excluding hydrogens is 242 g/mol. The summed E-state index contributed by atoms with van der Waals surface area (Å²) >= 11 is 1.67. The first-order chi connectivity index (χ1) is 7.45. The second-order valence-electron chi connectivity index (χ2n) is 4.10. The van der Waals surface area contributed by atoms with Gasteiger partial charge < -0.3 is 5.32 Å². The van der Waals surface area contributed by atoms with Crippen LogP contribution in [0.4, 0.5) is 0 Å². The molecule has 0 saturated heterocycles. The van der Waals surface area contributed by atoms with Crippen LogP contribution in [0.3, 0.4) is 0 Å². The Labute approximate surface area is 102 Å². The summed E-state index contributed by atoms with van der Waals surface area (Å²) in [5.74, 6) is 0. The maximum Gasteiger partial charge on any atom is 0.151 e. The lowest BCUT2D eigenvalue weighted by molar-refractivity contribution is 0.492. The molecule has 1 heterocycles. The van der Waals surface area contributed by atoms with Crippen LogP contribution in [0.15, 0.2) is 16.8 Å². The van der Waals surface area contributed by atoms with E-state index in [-0.39, 0.29) is 11.3 Å². The molecule has 0 aliphatic heterocycles. The Kier molecular flexibility index (Phi) is 4.95. The Morgan fingerprint density at radius 2 is 2.19 bits per heavy atom. The van der Waals surface area contributed by atoms with Gasteiger partial charge in [0, 0.05) is 12.3 Å². The standard InChI is InChI=1S/C11H19NO2S2/c1-9(16(3,13)14)11(12-2)5-4-10-6-7-15-8-10/h6-9,11-12H,4-5H2,1-3H3. The predicted molar refractivity (Wildman–Crippen MR) is 69.8 cm³/mol. The van der Waals surface area contributed by atoms with Crippen LogP contribution in [0.5, 0.6) is 0 Å². The van der Waals surface area contributed by atoms with Crippen molar-refractivity contribution in [1.82, 2.24) is 5.32 Å². The lowest BCUT2D eigenvalue weighted by Gasteiger charge is -2.21. The van der Waals surface area contributed by atoms with Crippen LogP contribution in [0.1, 0.15) is 18.9 Å². The van der Waals surface area contributed by atoms with E-state index in [1.807, 2.05) is 12.4 Å². The van der Waals surface area contributed by atoms with Gasteiger partial charge in [0.1, 0.15) is 0 Å². The monoisotopic (exact) mass is 261 g/mol. The molecule has 0 spiro atoms. The van der Waals surface area contributed by atoms with Gasteiger partial charge in [-0.1, -0.05) is 0 Å². The minimum atomic E-state index is -2.97. The average Bonchev–Trinajstić information content (AvgIpc) is 2.69. The zero-order valence-corrected chi connectivity index (χ0v) is 11.6. The quantitative estimate of drug-likeness (QED) is 0.848. The number of hydrogen-bond acceptors (Lipinski definition) is 4. The summed E-state index contributed by atoms with van der Waals surface area (Å²) < 4.78 is 22.9. The molecule has 2 unspecified atom stereocenters. The zero-order valence-electron chi connectivity index (χ0n) is 9.93. The first-order valence-electron chi connectivity index (χ1n) is 5.32. The molecule has 0 bridgehead atoms. The molecular formula is C11H19NO2S2. The van der Waals surface area contributed by atoms with Crippen molar-refractivity contribution in [3.05, 3.63) is 22.4 Å². The highest BCUT2D eigenvalue weighted by molar-refractivity contribution is 7.91. The number of rotatable bonds is 6. The number of aryl methyl sites for hydroxylation is 1. The Hall–Kier alpha value is -0.390. The van der Waals surface area contributed by atoms with Crippen LogP contribution in [0, 0.1) is 0 Å². The fourth-order valence-electron chi connectivity index (χ4n) is 1.67. The molecule has 1 aromatic heterocycles. The van der Waals surface area contributed by atoms with E-state index >= 15 is 0 Å². The van der Waals surface area contributed by atoms with Crippen LogP contribution in [-0.2, 0) is 16.3 Å². The van der Waals surface area contributed by atoms with Gasteiger partial charge in [0.15, 0.2) is 9.84 Å². The van der Waals surface area contributed by atoms with Gasteiger partial charge in [-0.15, -0.1) is 0 Å². The van der Waals surface area contributed by atoms with Crippen molar-refractivity contribution in [2.75, 3.05) is 13.3 Å². The fraction of sp³-hybridized carbons (Fsp3) is 0.636. The zero-order chi connectivity index (χ0) is 12.2. The number of sulfone groups is 1. The normalized spacial score (nSPS) is 15.9. The Bertz CT molecular complexity index is 398. The van der Waals surface area contributed by atoms with Crippen LogP contribution in [0.2, 0.25) is 0 Å². The first-order valence-corrected chi connectivity index (χ1v) is 8.22. The van der Waals surface area contributed by atoms with Crippen molar-refractivity contribution in [2.24, 2.45) is 0 Å². The molecule has 5 heteroatoms. The van der Waals surface area contributed by atoms with E-state index < -0.39 is 9.84 Å². The molecule has 0 amide bonds. The van der Waals surface area contributed by atoms with Gasteiger partial charge >= 0.3 is 0 Å². The van der Waals surface area contributed by atoms with Crippen LogP contribution < -0.4 is 5.32 Å². The predicted octanol–water partition coefficient (Wildman–Crippen LogP) is 1.70. The molecule has 0 aromatic carbocycles. The molecule has 16 heavy (non-hydrogen) atoms. The van der Waals surface area contributed by atoms with E-state index in [2.05, 4.69) is 16.8 Å². The van der Waals surface area contributed by atoms with E-state index in [0.29, 0.717) is 0 Å². The van der Waals surface area contributed by atoms with Crippen molar-refractivity contribution in [3.8, 4) is 0 Å². The highest BCUT2D eigenvalue weighted by atomic mass is 32.2. The van der Waals surface area contributed by atoms with Gasteiger partial charge in [0.25, 0.3) is 0 Å². The second-order valence-corrected chi connectivity index (χ2v) is 7.28. The topological polar surface area (TPSA) is 46.2 Å². The van der Waals surface area contributed by atoms with E-state index in [0.717, 1.165) is 12.8 Å². The highest BCUT2D eigenvalue weighted by Gasteiger charge is 2.24. The van der Waals surface area contributed by atoms with Gasteiger partial charge in [-0.3, -0.25) is 0 Å². The Morgan fingerprint density at radius 1 is 1.50 bits per heavy atom. The van der Waals surface area contributed by atoms with Crippen LogP contribution >= 0.6 is 11.3 Å². The molecule has 2 atom stereocenters. The van der Waals surface area contributed by atoms with E-state index in [9.17, 15) is 8.42 Å². The fourth-order valence-corrected chi connectivity index (χ4v) is 3.24. The molecule has 3 nitrogen and oxygen atoms in total. The van der Waals surface area contributed by atoms with Gasteiger partial charge in [-0.05, 0) is 49.2 Å². The lowest BCUT2D eigenvalue weighted by Crippen LogP contribution is -2.40. The summed E-state index contributed by atoms with van der Waals surface area (Å²) in [6, 6.07) is 2.11. The SMILES string of the molecule is CNC(CCc1ccsc1)C(C)S(C)(=O)=O. The third-order valence-electron chi connectivity index (χ3n) is 2.94. The van der Waals surface area contributed by atoms with Gasteiger partial charge in [0.05, 0.1) is 5.25 Å². The third-order valence-corrected chi connectivity index (χ3v) is 5.35. The Balaban J connectivity index is 2.56. The summed E-state index contributed by atoms with van der Waals surface area (Å²) in [4.78, 5) is 0. The summed E-state index contributed by atoms with van der Waals surface area (Å²) in [6.45, 7) is 1.77. The number of hydrogen-bond donors (Lipinski definition) is 1. The second kappa shape index (κ2) is 5.80. The highest BCUT2D eigenvalue weighted by Crippen LogP contribution is 2.14. The molecule has 0 aliphatic rings.